The summed E-state index contributed by atoms with van der Waals surface area (Å²) < 4.78 is 7.40. The zero-order valence-electron chi connectivity index (χ0n) is 15.0. The number of ether oxygens (including phenoxy) is 1. The van der Waals surface area contributed by atoms with E-state index >= 15 is 0 Å². The van der Waals surface area contributed by atoms with E-state index in [0.29, 0.717) is 12.5 Å². The summed E-state index contributed by atoms with van der Waals surface area (Å²) in [6.45, 7) is 8.48. The van der Waals surface area contributed by atoms with Crippen molar-refractivity contribution in [3.8, 4) is 0 Å². The molecule has 128 valence electrons. The Morgan fingerprint density at radius 1 is 1.33 bits per heavy atom. The Balaban J connectivity index is 1.96. The third-order valence-electron chi connectivity index (χ3n) is 4.03. The molecular formula is C19H25N3O2. The second-order valence-electron chi connectivity index (χ2n) is 7.60. The van der Waals surface area contributed by atoms with Gasteiger partial charge in [-0.25, -0.2) is 4.79 Å². The van der Waals surface area contributed by atoms with Crippen LogP contribution in [0.15, 0.2) is 30.5 Å². The molecule has 2 aromatic rings. The summed E-state index contributed by atoms with van der Waals surface area (Å²) >= 11 is 0. The molecule has 1 aromatic heterocycles. The van der Waals surface area contributed by atoms with Gasteiger partial charge < -0.3 is 4.74 Å². The second kappa shape index (κ2) is 5.96. The highest BCUT2D eigenvalue weighted by Gasteiger charge is 2.29. The van der Waals surface area contributed by atoms with Crippen molar-refractivity contribution in [3.63, 3.8) is 0 Å². The molecule has 1 unspecified atom stereocenters. The Morgan fingerprint density at radius 3 is 2.79 bits per heavy atom. The van der Waals surface area contributed by atoms with Gasteiger partial charge in [0.25, 0.3) is 0 Å². The van der Waals surface area contributed by atoms with Crippen LogP contribution in [0.5, 0.6) is 0 Å². The molecule has 5 heteroatoms. The smallest absolute Gasteiger partial charge is 0.414 e. The normalized spacial score (nSPS) is 18.6. The molecule has 0 radical (unpaired) electrons. The maximum atomic E-state index is 12.7. The fourth-order valence-electron chi connectivity index (χ4n) is 2.97. The van der Waals surface area contributed by atoms with E-state index in [0.717, 1.165) is 28.6 Å². The summed E-state index contributed by atoms with van der Waals surface area (Å²) in [5, 5.41) is 5.56. The number of benzene rings is 1. The highest BCUT2D eigenvalue weighted by molar-refractivity contribution is 5.87. The molecule has 0 bridgehead atoms. The van der Waals surface area contributed by atoms with Gasteiger partial charge in [0.15, 0.2) is 0 Å². The number of hydrogen-bond donors (Lipinski definition) is 0. The van der Waals surface area contributed by atoms with Crippen LogP contribution in [-0.2, 0) is 11.8 Å². The molecule has 2 heterocycles. The van der Waals surface area contributed by atoms with E-state index in [9.17, 15) is 4.79 Å². The summed E-state index contributed by atoms with van der Waals surface area (Å²) in [4.78, 5) is 14.4. The molecule has 0 saturated carbocycles. The van der Waals surface area contributed by atoms with Crippen LogP contribution in [-0.4, -0.2) is 32.9 Å². The zero-order valence-corrected chi connectivity index (χ0v) is 15.0. The summed E-state index contributed by atoms with van der Waals surface area (Å²) in [7, 11) is 1.91. The predicted octanol–water partition coefficient (Wildman–Crippen LogP) is 4.19. The van der Waals surface area contributed by atoms with Crippen molar-refractivity contribution < 1.29 is 9.53 Å². The maximum Gasteiger partial charge on any atom is 0.414 e. The number of hydrogen-bond acceptors (Lipinski definition) is 3. The number of aromatic nitrogens is 2. The number of aryl methyl sites for hydroxylation is 1. The lowest BCUT2D eigenvalue weighted by molar-refractivity contribution is 0.0327. The van der Waals surface area contributed by atoms with Gasteiger partial charge in [-0.05, 0) is 39.2 Å². The van der Waals surface area contributed by atoms with Gasteiger partial charge in [-0.2, -0.15) is 5.10 Å². The topological polar surface area (TPSA) is 47.4 Å². The standard InChI is InChI=1S/C19H25N3O2/c1-13-6-9-17(22(11-13)18(23)24-19(2,3)4)14-7-8-15-12-21(5)20-16(15)10-14/h7-10,12-13H,6,11H2,1-5H3. The summed E-state index contributed by atoms with van der Waals surface area (Å²) in [6.07, 6.45) is 4.78. The number of amides is 1. The molecular weight excluding hydrogens is 302 g/mol. The monoisotopic (exact) mass is 327 g/mol. The van der Waals surface area contributed by atoms with Crippen LogP contribution in [0.25, 0.3) is 16.6 Å². The Labute approximate surface area is 142 Å². The van der Waals surface area contributed by atoms with E-state index in [1.54, 1.807) is 9.58 Å². The summed E-state index contributed by atoms with van der Waals surface area (Å²) in [5.41, 5.74) is 2.33. The van der Waals surface area contributed by atoms with E-state index < -0.39 is 5.60 Å². The number of nitrogens with zero attached hydrogens (tertiary/aromatic N) is 3. The van der Waals surface area contributed by atoms with Gasteiger partial charge in [0.1, 0.15) is 5.60 Å². The van der Waals surface area contributed by atoms with Crippen molar-refractivity contribution in [1.82, 2.24) is 14.7 Å². The van der Waals surface area contributed by atoms with Gasteiger partial charge >= 0.3 is 6.09 Å². The van der Waals surface area contributed by atoms with E-state index in [1.165, 1.54) is 0 Å². The van der Waals surface area contributed by atoms with Crippen LogP contribution >= 0.6 is 0 Å². The minimum absolute atomic E-state index is 0.290. The van der Waals surface area contributed by atoms with Crippen LogP contribution in [0.2, 0.25) is 0 Å². The fourth-order valence-corrected chi connectivity index (χ4v) is 2.97. The largest absolute Gasteiger partial charge is 0.443 e. The fraction of sp³-hybridized carbons (Fsp3) is 0.474. The summed E-state index contributed by atoms with van der Waals surface area (Å²) in [6, 6.07) is 6.13. The average molecular weight is 327 g/mol. The lowest BCUT2D eigenvalue weighted by atomic mass is 9.98. The second-order valence-corrected chi connectivity index (χ2v) is 7.60. The van der Waals surface area contributed by atoms with Crippen molar-refractivity contribution in [1.29, 1.82) is 0 Å². The quantitative estimate of drug-likeness (QED) is 0.789. The number of carbonyl (C=O) groups is 1. The Bertz CT molecular complexity index is 799. The summed E-state index contributed by atoms with van der Waals surface area (Å²) in [5.74, 6) is 0.417. The van der Waals surface area contributed by atoms with Crippen LogP contribution in [0.3, 0.4) is 0 Å². The average Bonchev–Trinajstić information content (AvgIpc) is 2.84. The molecule has 1 aliphatic rings. The van der Waals surface area contributed by atoms with Gasteiger partial charge in [-0.3, -0.25) is 9.58 Å². The van der Waals surface area contributed by atoms with Crippen LogP contribution < -0.4 is 0 Å². The van der Waals surface area contributed by atoms with Gasteiger partial charge in [-0.15, -0.1) is 0 Å². The van der Waals surface area contributed by atoms with E-state index in [4.69, 9.17) is 4.74 Å². The molecule has 0 spiro atoms. The highest BCUT2D eigenvalue weighted by Crippen LogP contribution is 2.30. The Morgan fingerprint density at radius 2 is 2.08 bits per heavy atom. The molecule has 24 heavy (non-hydrogen) atoms. The van der Waals surface area contributed by atoms with E-state index in [1.807, 2.05) is 52.2 Å². The molecule has 0 saturated heterocycles. The molecule has 1 amide bonds. The third-order valence-corrected chi connectivity index (χ3v) is 4.03. The van der Waals surface area contributed by atoms with Gasteiger partial charge in [0, 0.05) is 30.7 Å². The molecule has 0 fully saturated rings. The van der Waals surface area contributed by atoms with Crippen LogP contribution in [0.4, 0.5) is 4.79 Å². The number of rotatable bonds is 1. The molecule has 0 aliphatic carbocycles. The lowest BCUT2D eigenvalue weighted by Gasteiger charge is -2.33. The van der Waals surface area contributed by atoms with Gasteiger partial charge in [-0.1, -0.05) is 25.1 Å². The maximum absolute atomic E-state index is 12.7. The highest BCUT2D eigenvalue weighted by atomic mass is 16.6. The minimum Gasteiger partial charge on any atom is -0.443 e. The van der Waals surface area contributed by atoms with E-state index in [2.05, 4.69) is 18.1 Å². The Kier molecular flexibility index (Phi) is 4.11. The van der Waals surface area contributed by atoms with Gasteiger partial charge in [0.05, 0.1) is 11.2 Å². The van der Waals surface area contributed by atoms with Crippen LogP contribution in [0, 0.1) is 5.92 Å². The van der Waals surface area contributed by atoms with Crippen molar-refractivity contribution in [2.24, 2.45) is 13.0 Å². The van der Waals surface area contributed by atoms with Crippen molar-refractivity contribution >= 4 is 22.7 Å². The number of fused-ring (bicyclic) bond motifs is 1. The molecule has 1 aliphatic heterocycles. The first-order valence-electron chi connectivity index (χ1n) is 8.37. The molecule has 3 rings (SSSR count). The third kappa shape index (κ3) is 3.45. The number of carbonyl (C=O) groups excluding carboxylic acids is 1. The van der Waals surface area contributed by atoms with Crippen molar-refractivity contribution in [2.75, 3.05) is 6.54 Å². The minimum atomic E-state index is -0.506. The molecule has 5 nitrogen and oxygen atoms in total. The van der Waals surface area contributed by atoms with E-state index in [-0.39, 0.29) is 6.09 Å². The van der Waals surface area contributed by atoms with Crippen LogP contribution in [0.1, 0.15) is 39.7 Å². The van der Waals surface area contributed by atoms with Gasteiger partial charge in [0.2, 0.25) is 0 Å². The first-order valence-corrected chi connectivity index (χ1v) is 8.37. The van der Waals surface area contributed by atoms with Crippen molar-refractivity contribution in [3.05, 3.63) is 36.0 Å². The SMILES string of the molecule is CC1CC=C(c2ccc3cn(C)nc3c2)N(C(=O)OC(C)(C)C)C1. The molecule has 0 N–H and O–H groups in total. The first-order chi connectivity index (χ1) is 11.2. The Hall–Kier alpha value is -2.30. The lowest BCUT2D eigenvalue weighted by Crippen LogP contribution is -2.39. The number of allylic oxidation sites excluding steroid dienone is 1. The zero-order chi connectivity index (χ0) is 17.5. The predicted molar refractivity (Wildman–Crippen MR) is 95.4 cm³/mol. The van der Waals surface area contributed by atoms with Crippen molar-refractivity contribution in [2.45, 2.75) is 39.7 Å². The molecule has 1 aromatic carbocycles. The first kappa shape index (κ1) is 16.6. The molecule has 1 atom stereocenters.